The van der Waals surface area contributed by atoms with Gasteiger partial charge in [0, 0.05) is 54.0 Å². The first-order chi connectivity index (χ1) is 16.4. The van der Waals surface area contributed by atoms with Crippen LogP contribution in [0, 0.1) is 0 Å². The highest BCUT2D eigenvalue weighted by Gasteiger charge is 2.23. The summed E-state index contributed by atoms with van der Waals surface area (Å²) in [6.07, 6.45) is 7.20. The Morgan fingerprint density at radius 3 is 1.53 bits per heavy atom. The molecular formula is C22H51N2O6Si4. The molecule has 0 aliphatic carbocycles. The normalized spacial score (nSPS) is 13.5. The lowest BCUT2D eigenvalue weighted by atomic mass is 10.2. The number of hydrogen-bond acceptors (Lipinski definition) is 8. The van der Waals surface area contributed by atoms with Crippen LogP contribution in [0.25, 0.3) is 0 Å². The van der Waals surface area contributed by atoms with Crippen molar-refractivity contribution in [3.63, 3.8) is 0 Å². The van der Waals surface area contributed by atoms with Crippen LogP contribution in [0.3, 0.4) is 0 Å². The molecule has 12 heteroatoms. The van der Waals surface area contributed by atoms with Gasteiger partial charge in [-0.2, -0.15) is 0 Å². The van der Waals surface area contributed by atoms with E-state index in [1.54, 1.807) is 42.7 Å². The van der Waals surface area contributed by atoms with Gasteiger partial charge in [0.1, 0.15) is 0 Å². The SMILES string of the molecule is CO[Si](CCCN(C)C([Si]CCCCCC(C)[Si](OC)OC)N(C)CCC[Si](OC)OC)OC. The molecule has 0 N–H and O–H groups in total. The van der Waals surface area contributed by atoms with E-state index in [2.05, 4.69) is 30.8 Å². The van der Waals surface area contributed by atoms with Crippen LogP contribution < -0.4 is 0 Å². The molecule has 1 atom stereocenters. The molecule has 0 rings (SSSR count). The Bertz CT molecular complexity index is 426. The smallest absolute Gasteiger partial charge is 0.387 e. The summed E-state index contributed by atoms with van der Waals surface area (Å²) in [5.74, 6) is 0.470. The minimum Gasteiger partial charge on any atom is -0.397 e. The van der Waals surface area contributed by atoms with Gasteiger partial charge in [-0.25, -0.2) is 0 Å². The van der Waals surface area contributed by atoms with E-state index in [4.69, 9.17) is 26.6 Å². The van der Waals surface area contributed by atoms with Gasteiger partial charge < -0.3 is 26.6 Å². The first kappa shape index (κ1) is 34.5. The van der Waals surface area contributed by atoms with E-state index in [1.165, 1.54) is 31.7 Å². The zero-order valence-corrected chi connectivity index (χ0v) is 27.3. The Morgan fingerprint density at radius 1 is 0.647 bits per heavy atom. The van der Waals surface area contributed by atoms with E-state index in [0.29, 0.717) is 11.3 Å². The second kappa shape index (κ2) is 22.7. The van der Waals surface area contributed by atoms with E-state index < -0.39 is 27.9 Å². The summed E-state index contributed by atoms with van der Waals surface area (Å²) in [6.45, 7) is 4.37. The van der Waals surface area contributed by atoms with Crippen molar-refractivity contribution in [3.05, 3.63) is 0 Å². The molecule has 0 saturated heterocycles. The molecule has 0 saturated carbocycles. The van der Waals surface area contributed by atoms with Gasteiger partial charge >= 0.3 is 27.9 Å². The van der Waals surface area contributed by atoms with Crippen molar-refractivity contribution in [1.29, 1.82) is 0 Å². The molecule has 0 aromatic rings. The zero-order valence-electron chi connectivity index (χ0n) is 23.3. The van der Waals surface area contributed by atoms with Crippen molar-refractivity contribution in [1.82, 2.24) is 9.80 Å². The van der Waals surface area contributed by atoms with Gasteiger partial charge in [-0.05, 0) is 58.5 Å². The lowest BCUT2D eigenvalue weighted by Gasteiger charge is -2.36. The molecule has 0 heterocycles. The van der Waals surface area contributed by atoms with Crippen molar-refractivity contribution in [2.24, 2.45) is 0 Å². The van der Waals surface area contributed by atoms with Crippen LogP contribution in [0.4, 0.5) is 0 Å². The second-order valence-electron chi connectivity index (χ2n) is 8.53. The van der Waals surface area contributed by atoms with Gasteiger partial charge in [-0.1, -0.05) is 32.2 Å². The predicted octanol–water partition coefficient (Wildman–Crippen LogP) is 3.33. The van der Waals surface area contributed by atoms with Crippen LogP contribution in [-0.2, 0) is 26.6 Å². The molecule has 0 bridgehead atoms. The fourth-order valence-electron chi connectivity index (χ4n) is 4.00. The summed E-state index contributed by atoms with van der Waals surface area (Å²) in [5, 5.41) is 0. The molecule has 1 unspecified atom stereocenters. The molecule has 201 valence electrons. The monoisotopic (exact) mass is 551 g/mol. The quantitative estimate of drug-likeness (QED) is 0.103. The lowest BCUT2D eigenvalue weighted by Crippen LogP contribution is -2.49. The fraction of sp³-hybridized carbons (Fsp3) is 1.00. The van der Waals surface area contributed by atoms with E-state index in [9.17, 15) is 0 Å². The van der Waals surface area contributed by atoms with Crippen LogP contribution in [0.15, 0.2) is 0 Å². The molecule has 5 radical (unpaired) electrons. The minimum absolute atomic E-state index is 0.470. The summed E-state index contributed by atoms with van der Waals surface area (Å²) < 4.78 is 32.8. The average Bonchev–Trinajstić information content (AvgIpc) is 2.84. The minimum atomic E-state index is -1.12. The van der Waals surface area contributed by atoms with Crippen molar-refractivity contribution in [2.75, 3.05) is 69.8 Å². The van der Waals surface area contributed by atoms with Gasteiger partial charge in [0.25, 0.3) is 0 Å². The zero-order chi connectivity index (χ0) is 25.8. The van der Waals surface area contributed by atoms with Crippen LogP contribution in [-0.4, -0.2) is 123 Å². The van der Waals surface area contributed by atoms with E-state index in [1.807, 2.05) is 0 Å². The molecule has 0 amide bonds. The third-order valence-electron chi connectivity index (χ3n) is 5.97. The number of hydrogen-bond donors (Lipinski definition) is 0. The van der Waals surface area contributed by atoms with Crippen LogP contribution >= 0.6 is 0 Å². The van der Waals surface area contributed by atoms with E-state index in [-0.39, 0.29) is 0 Å². The first-order valence-electron chi connectivity index (χ1n) is 12.3. The highest BCUT2D eigenvalue weighted by Crippen LogP contribution is 2.20. The van der Waals surface area contributed by atoms with Crippen LogP contribution in [0.5, 0.6) is 0 Å². The molecular weight excluding hydrogens is 501 g/mol. The molecule has 0 fully saturated rings. The standard InChI is InChI=1S/C22H51N2O6Si4/c1-21(34(29-8)30-9)15-11-10-12-18-31-22(23(2)16-13-19-32(25-4)26-5)24(3)17-14-20-33(27-6)28-7/h21-22H,10-20H2,1-9H3. The summed E-state index contributed by atoms with van der Waals surface area (Å²) in [5.41, 5.74) is 0.531. The summed E-state index contributed by atoms with van der Waals surface area (Å²) in [4.78, 5) is 5.05. The van der Waals surface area contributed by atoms with Crippen molar-refractivity contribution < 1.29 is 26.6 Å². The Labute approximate surface area is 218 Å². The molecule has 34 heavy (non-hydrogen) atoms. The van der Waals surface area contributed by atoms with Crippen molar-refractivity contribution in [3.8, 4) is 0 Å². The van der Waals surface area contributed by atoms with Gasteiger partial charge in [-0.3, -0.25) is 9.80 Å². The summed E-state index contributed by atoms with van der Waals surface area (Å²) in [6, 6.07) is 3.30. The largest absolute Gasteiger partial charge is 0.397 e. The van der Waals surface area contributed by atoms with Gasteiger partial charge in [0.05, 0.1) is 9.52 Å². The average molecular weight is 552 g/mol. The second-order valence-corrected chi connectivity index (χ2v) is 16.5. The summed E-state index contributed by atoms with van der Waals surface area (Å²) in [7, 11) is 12.6. The number of unbranched alkanes of at least 4 members (excludes halogenated alkanes) is 2. The van der Waals surface area contributed by atoms with Gasteiger partial charge in [0.15, 0.2) is 0 Å². The number of nitrogens with zero attached hydrogens (tertiary/aromatic N) is 2. The van der Waals surface area contributed by atoms with Crippen LogP contribution in [0.2, 0.25) is 23.7 Å². The van der Waals surface area contributed by atoms with E-state index in [0.717, 1.165) is 47.5 Å². The highest BCUT2D eigenvalue weighted by molar-refractivity contribution is 6.46. The molecule has 0 aromatic heterocycles. The van der Waals surface area contributed by atoms with Gasteiger partial charge in [-0.15, -0.1) is 0 Å². The number of rotatable bonds is 24. The third kappa shape index (κ3) is 15.6. The van der Waals surface area contributed by atoms with Crippen LogP contribution in [0.1, 0.15) is 45.4 Å². The molecule has 8 nitrogen and oxygen atoms in total. The van der Waals surface area contributed by atoms with Crippen molar-refractivity contribution in [2.45, 2.75) is 74.9 Å². The maximum absolute atomic E-state index is 5.49. The molecule has 0 spiro atoms. The highest BCUT2D eigenvalue weighted by atomic mass is 28.3. The fourth-order valence-corrected chi connectivity index (χ4v) is 9.05. The predicted molar refractivity (Wildman–Crippen MR) is 146 cm³/mol. The third-order valence-corrected chi connectivity index (χ3v) is 13.1. The van der Waals surface area contributed by atoms with Crippen molar-refractivity contribution >= 4 is 37.4 Å². The van der Waals surface area contributed by atoms with Gasteiger partial charge in [0.2, 0.25) is 0 Å². The molecule has 0 aliphatic rings. The molecule has 0 aromatic carbocycles. The lowest BCUT2D eigenvalue weighted by molar-refractivity contribution is 0.142. The first-order valence-corrected chi connectivity index (χ1v) is 18.1. The maximum Gasteiger partial charge on any atom is 0.387 e. The Hall–Kier alpha value is 0.548. The Kier molecular flexibility index (Phi) is 23.1. The Balaban J connectivity index is 4.59. The maximum atomic E-state index is 5.49. The summed E-state index contributed by atoms with van der Waals surface area (Å²) >= 11 is 0. The topological polar surface area (TPSA) is 61.9 Å². The molecule has 0 aliphatic heterocycles. The van der Waals surface area contributed by atoms with E-state index >= 15 is 0 Å². The Morgan fingerprint density at radius 2 is 1.12 bits per heavy atom.